The second-order valence-corrected chi connectivity index (χ2v) is 7.69. The topological polar surface area (TPSA) is 88.2 Å². The Labute approximate surface area is 205 Å². The van der Waals surface area contributed by atoms with Crippen molar-refractivity contribution in [2.45, 2.75) is 38.5 Å². The third-order valence-electron chi connectivity index (χ3n) is 5.52. The molecular formula is C25H27N3O5. The van der Waals surface area contributed by atoms with Gasteiger partial charge in [0.25, 0.3) is 5.91 Å². The zero-order valence-corrected chi connectivity index (χ0v) is 17.6. The number of carbonyl (C=O) groups is 3. The van der Waals surface area contributed by atoms with E-state index in [1.807, 2.05) is 4.90 Å². The van der Waals surface area contributed by atoms with Crippen LogP contribution in [-0.2, 0) is 34.0 Å². The van der Waals surface area contributed by atoms with Crippen LogP contribution in [0, 0.1) is 0 Å². The highest BCUT2D eigenvalue weighted by atomic mass is 16.5. The molecule has 2 aromatic rings. The average molecular weight is 459 g/mol. The molecule has 1 N–H and O–H groups in total. The SMILES string of the molecule is [2H]c1c([2H])c(CN2CCOCC2)c([2H])c([2H])c1COc1cccc2c1CN([C@]1([2H])C(=O)NC(=O)C([2H])([2H])C1([2H])[2H])C2=O. The molecule has 2 saturated heterocycles. The van der Waals surface area contributed by atoms with Gasteiger partial charge >= 0.3 is 0 Å². The Bertz CT molecular complexity index is 1470. The van der Waals surface area contributed by atoms with Gasteiger partial charge in [-0.1, -0.05) is 30.2 Å². The van der Waals surface area contributed by atoms with Crippen molar-refractivity contribution in [2.24, 2.45) is 0 Å². The Morgan fingerprint density at radius 1 is 1.15 bits per heavy atom. The number of piperidine rings is 1. The number of ether oxygens (including phenoxy) is 2. The minimum Gasteiger partial charge on any atom is -0.489 e. The van der Waals surface area contributed by atoms with Crippen molar-refractivity contribution in [3.8, 4) is 5.75 Å². The highest BCUT2D eigenvalue weighted by molar-refractivity contribution is 6.05. The van der Waals surface area contributed by atoms with Crippen LogP contribution in [0.25, 0.3) is 0 Å². The Morgan fingerprint density at radius 2 is 1.91 bits per heavy atom. The molecule has 3 aliphatic heterocycles. The van der Waals surface area contributed by atoms with Crippen molar-refractivity contribution in [2.75, 3.05) is 26.3 Å². The Morgan fingerprint density at radius 3 is 2.70 bits per heavy atom. The van der Waals surface area contributed by atoms with Gasteiger partial charge in [-0.25, -0.2) is 0 Å². The summed E-state index contributed by atoms with van der Waals surface area (Å²) in [5.41, 5.74) is 0.327. The van der Waals surface area contributed by atoms with E-state index < -0.39 is 49.6 Å². The van der Waals surface area contributed by atoms with Crippen LogP contribution >= 0.6 is 0 Å². The minimum absolute atomic E-state index is 0.0267. The molecule has 0 unspecified atom stereocenters. The first-order valence-corrected chi connectivity index (χ1v) is 10.4. The molecule has 8 nitrogen and oxygen atoms in total. The number of benzene rings is 2. The van der Waals surface area contributed by atoms with Crippen molar-refractivity contribution in [1.82, 2.24) is 15.1 Å². The second kappa shape index (κ2) is 9.33. The van der Waals surface area contributed by atoms with Gasteiger partial charge in [0.1, 0.15) is 18.4 Å². The van der Waals surface area contributed by atoms with Crippen LogP contribution in [0.1, 0.15) is 52.1 Å². The lowest BCUT2D eigenvalue weighted by molar-refractivity contribution is -0.136. The van der Waals surface area contributed by atoms with E-state index in [1.165, 1.54) is 18.2 Å². The molecule has 0 aliphatic carbocycles. The molecule has 1 atom stereocenters. The Balaban J connectivity index is 1.42. The summed E-state index contributed by atoms with van der Waals surface area (Å²) in [6.45, 7) is 1.50. The predicted octanol–water partition coefficient (Wildman–Crippen LogP) is 1.86. The van der Waals surface area contributed by atoms with Gasteiger partial charge in [-0.3, -0.25) is 24.6 Å². The van der Waals surface area contributed by atoms with Gasteiger partial charge in [0.15, 0.2) is 0 Å². The van der Waals surface area contributed by atoms with E-state index in [9.17, 15) is 14.4 Å². The molecule has 2 aromatic carbocycles. The normalized spacial score (nSPS) is 30.4. The molecule has 0 saturated carbocycles. The van der Waals surface area contributed by atoms with E-state index in [0.29, 0.717) is 31.2 Å². The molecule has 33 heavy (non-hydrogen) atoms. The van der Waals surface area contributed by atoms with Gasteiger partial charge in [-0.05, 0) is 29.6 Å². The highest BCUT2D eigenvalue weighted by Crippen LogP contribution is 2.34. The minimum atomic E-state index is -3.42. The largest absolute Gasteiger partial charge is 0.489 e. The lowest BCUT2D eigenvalue weighted by Crippen LogP contribution is -2.52. The number of fused-ring (bicyclic) bond motifs is 1. The number of hydrogen-bond acceptors (Lipinski definition) is 6. The van der Waals surface area contributed by atoms with E-state index in [4.69, 9.17) is 21.8 Å². The van der Waals surface area contributed by atoms with Crippen LogP contribution in [-0.4, -0.2) is 59.8 Å². The monoisotopic (exact) mass is 458 g/mol. The van der Waals surface area contributed by atoms with Crippen LogP contribution in [0.3, 0.4) is 0 Å². The third-order valence-corrected chi connectivity index (χ3v) is 5.52. The molecule has 5 rings (SSSR count). The lowest BCUT2D eigenvalue weighted by atomic mass is 10.0. The summed E-state index contributed by atoms with van der Waals surface area (Å²) < 4.78 is 86.1. The van der Waals surface area contributed by atoms with E-state index in [1.54, 1.807) is 5.32 Å². The van der Waals surface area contributed by atoms with E-state index in [-0.39, 0.29) is 58.7 Å². The smallest absolute Gasteiger partial charge is 0.255 e. The maximum absolute atomic E-state index is 13.3. The zero-order valence-electron chi connectivity index (χ0n) is 26.6. The fourth-order valence-electron chi connectivity index (χ4n) is 3.82. The van der Waals surface area contributed by atoms with Gasteiger partial charge in [-0.2, -0.15) is 0 Å². The first-order valence-electron chi connectivity index (χ1n) is 14.9. The van der Waals surface area contributed by atoms with Crippen molar-refractivity contribution >= 4 is 17.7 Å². The van der Waals surface area contributed by atoms with Crippen LogP contribution < -0.4 is 10.1 Å². The molecule has 172 valence electrons. The standard InChI is InChI=1S/C25H27N3O5/c29-23-9-8-21(24(30)26-23)28-15-20-19(25(28)31)2-1-3-22(20)33-16-18-6-4-17(5-7-18)14-27-10-12-32-13-11-27/h1-7,21H,8-16H2,(H,26,29,30)/t21-/m0/s1/i4D,5D,6D,7D,8D2,9D2,21D. The number of imide groups is 1. The number of carbonyl (C=O) groups excluding carboxylic acids is 3. The number of nitrogens with one attached hydrogen (secondary N) is 1. The number of nitrogens with zero attached hydrogens (tertiary/aromatic N) is 2. The van der Waals surface area contributed by atoms with Crippen molar-refractivity contribution in [1.29, 1.82) is 0 Å². The van der Waals surface area contributed by atoms with Crippen molar-refractivity contribution < 1.29 is 36.2 Å². The van der Waals surface area contributed by atoms with Gasteiger partial charge in [-0.15, -0.1) is 0 Å². The summed E-state index contributed by atoms with van der Waals surface area (Å²) in [6, 6.07) is 0.135. The fourth-order valence-corrected chi connectivity index (χ4v) is 3.82. The Kier molecular flexibility index (Phi) is 3.81. The van der Waals surface area contributed by atoms with Gasteiger partial charge < -0.3 is 14.4 Å². The summed E-state index contributed by atoms with van der Waals surface area (Å²) in [6.07, 6.45) is -6.72. The predicted molar refractivity (Wildman–Crippen MR) is 119 cm³/mol. The molecule has 3 aliphatic rings. The fraction of sp³-hybridized carbons (Fsp3) is 0.400. The van der Waals surface area contributed by atoms with Crippen molar-refractivity contribution in [3.05, 3.63) is 64.6 Å². The summed E-state index contributed by atoms with van der Waals surface area (Å²) in [7, 11) is 0. The summed E-state index contributed by atoms with van der Waals surface area (Å²) in [5, 5.41) is 1.66. The van der Waals surface area contributed by atoms with E-state index in [0.717, 1.165) is 0 Å². The summed E-state index contributed by atoms with van der Waals surface area (Å²) in [4.78, 5) is 40.6. The summed E-state index contributed by atoms with van der Waals surface area (Å²) in [5.74, 6) is -3.94. The molecular weight excluding hydrogens is 422 g/mol. The van der Waals surface area contributed by atoms with Gasteiger partial charge in [0.2, 0.25) is 11.8 Å². The number of rotatable bonds is 6. The maximum Gasteiger partial charge on any atom is 0.255 e. The number of amides is 3. The molecule has 0 aromatic heterocycles. The molecule has 0 bridgehead atoms. The van der Waals surface area contributed by atoms with Crippen LogP contribution in [0.15, 0.2) is 42.4 Å². The second-order valence-electron chi connectivity index (χ2n) is 7.69. The van der Waals surface area contributed by atoms with E-state index >= 15 is 0 Å². The quantitative estimate of drug-likeness (QED) is 0.665. The third kappa shape index (κ3) is 4.62. The van der Waals surface area contributed by atoms with Crippen LogP contribution in [0.4, 0.5) is 0 Å². The molecule has 2 fully saturated rings. The van der Waals surface area contributed by atoms with Gasteiger partial charge in [0.05, 0.1) is 26.6 Å². The molecule has 0 radical (unpaired) electrons. The lowest BCUT2D eigenvalue weighted by Gasteiger charge is -2.29. The molecule has 8 heteroatoms. The Hall–Kier alpha value is -3.23. The maximum atomic E-state index is 13.3. The molecule has 3 amide bonds. The average Bonchev–Trinajstić information content (AvgIpc) is 3.30. The van der Waals surface area contributed by atoms with Gasteiger partial charge in [0, 0.05) is 42.6 Å². The molecule has 3 heterocycles. The molecule has 0 spiro atoms. The number of hydrogen-bond donors (Lipinski definition) is 1. The zero-order chi connectivity index (χ0) is 30.8. The first-order chi connectivity index (χ1) is 19.6. The van der Waals surface area contributed by atoms with E-state index in [2.05, 4.69) is 0 Å². The van der Waals surface area contributed by atoms with Crippen molar-refractivity contribution in [3.63, 3.8) is 0 Å². The van der Waals surface area contributed by atoms with Crippen LogP contribution in [0.2, 0.25) is 0 Å². The number of morpholine rings is 1. The summed E-state index contributed by atoms with van der Waals surface area (Å²) >= 11 is 0. The van der Waals surface area contributed by atoms with Crippen LogP contribution in [0.5, 0.6) is 5.75 Å². The highest BCUT2D eigenvalue weighted by Gasteiger charge is 2.40. The first kappa shape index (κ1) is 13.5.